The first-order chi connectivity index (χ1) is 10.0. The second-order valence-electron chi connectivity index (χ2n) is 7.90. The van der Waals surface area contributed by atoms with Crippen LogP contribution in [0.3, 0.4) is 0 Å². The van der Waals surface area contributed by atoms with Gasteiger partial charge in [-0.05, 0) is 87.0 Å². The van der Waals surface area contributed by atoms with Gasteiger partial charge in [0.25, 0.3) is 0 Å². The molecule has 4 rings (SSSR count). The van der Waals surface area contributed by atoms with Gasteiger partial charge in [-0.15, -0.1) is 0 Å². The lowest BCUT2D eigenvalue weighted by molar-refractivity contribution is -0.127. The predicted molar refractivity (Wildman–Crippen MR) is 89.2 cm³/mol. The van der Waals surface area contributed by atoms with E-state index in [0.29, 0.717) is 11.5 Å². The molecule has 21 heavy (non-hydrogen) atoms. The first-order valence-electron chi connectivity index (χ1n) is 8.57. The first kappa shape index (κ1) is 15.7. The maximum absolute atomic E-state index is 12.3. The molecule has 0 saturated heterocycles. The number of nitrogens with two attached hydrogens (primary N) is 1. The minimum Gasteiger partial charge on any atom is -0.352 e. The molecule has 0 heterocycles. The maximum Gasteiger partial charge on any atom is 0.237 e. The topological polar surface area (TPSA) is 55.1 Å². The van der Waals surface area contributed by atoms with Gasteiger partial charge in [-0.25, -0.2) is 0 Å². The Morgan fingerprint density at radius 2 is 1.76 bits per heavy atom. The number of amides is 1. The van der Waals surface area contributed by atoms with E-state index in [0.717, 1.165) is 29.9 Å². The molecular formula is C17H30N2OS. The molecule has 0 spiro atoms. The summed E-state index contributed by atoms with van der Waals surface area (Å²) in [4.78, 5) is 12.3. The summed E-state index contributed by atoms with van der Waals surface area (Å²) < 4.78 is 0. The van der Waals surface area contributed by atoms with Gasteiger partial charge >= 0.3 is 0 Å². The standard InChI is InChI=1S/C17H30N2OS/c1-11(19-16(20)15(18)3-4-21-2)17-8-12-5-13(9-17)7-14(6-12)10-17/h11-15H,3-10,18H2,1-2H3,(H,19,20)/t11?,12?,13?,14?,15-,17?/m0/s1. The van der Waals surface area contributed by atoms with Crippen LogP contribution in [0.25, 0.3) is 0 Å². The van der Waals surface area contributed by atoms with Crippen LogP contribution in [-0.4, -0.2) is 30.0 Å². The lowest BCUT2D eigenvalue weighted by Gasteiger charge is -2.59. The third-order valence-electron chi connectivity index (χ3n) is 6.33. The van der Waals surface area contributed by atoms with Crippen LogP contribution < -0.4 is 11.1 Å². The Morgan fingerprint density at radius 3 is 2.24 bits per heavy atom. The van der Waals surface area contributed by atoms with Gasteiger partial charge in [-0.3, -0.25) is 4.79 Å². The second kappa shape index (κ2) is 6.11. The van der Waals surface area contributed by atoms with Crippen LogP contribution >= 0.6 is 11.8 Å². The summed E-state index contributed by atoms with van der Waals surface area (Å²) in [6, 6.07) is -0.0486. The van der Waals surface area contributed by atoms with Crippen LogP contribution in [0.4, 0.5) is 0 Å². The highest BCUT2D eigenvalue weighted by Gasteiger charge is 2.53. The summed E-state index contributed by atoms with van der Waals surface area (Å²) in [5.74, 6) is 3.81. The Morgan fingerprint density at radius 1 is 1.24 bits per heavy atom. The fourth-order valence-corrected chi connectivity index (χ4v) is 6.05. The molecule has 4 saturated carbocycles. The van der Waals surface area contributed by atoms with Crippen LogP contribution in [0.2, 0.25) is 0 Å². The summed E-state index contributed by atoms with van der Waals surface area (Å²) in [7, 11) is 0. The summed E-state index contributed by atoms with van der Waals surface area (Å²) in [5.41, 5.74) is 6.40. The average Bonchev–Trinajstić information content (AvgIpc) is 2.43. The van der Waals surface area contributed by atoms with Gasteiger partial charge in [-0.2, -0.15) is 11.8 Å². The van der Waals surface area contributed by atoms with Crippen LogP contribution in [0.15, 0.2) is 0 Å². The zero-order valence-corrected chi connectivity index (χ0v) is 14.3. The van der Waals surface area contributed by atoms with E-state index in [1.807, 2.05) is 0 Å². The molecule has 4 heteroatoms. The van der Waals surface area contributed by atoms with E-state index < -0.39 is 0 Å². The highest BCUT2D eigenvalue weighted by atomic mass is 32.2. The molecule has 4 bridgehead atoms. The summed E-state index contributed by atoms with van der Waals surface area (Å²) in [5, 5.41) is 3.27. The van der Waals surface area contributed by atoms with Crippen LogP contribution in [0.5, 0.6) is 0 Å². The van der Waals surface area contributed by atoms with Crippen molar-refractivity contribution < 1.29 is 4.79 Å². The molecule has 0 aliphatic heterocycles. The number of carbonyl (C=O) groups is 1. The van der Waals surface area contributed by atoms with Crippen LogP contribution in [0, 0.1) is 23.2 Å². The van der Waals surface area contributed by atoms with Crippen molar-refractivity contribution >= 4 is 17.7 Å². The Balaban J connectivity index is 1.60. The number of nitrogens with one attached hydrogen (secondary N) is 1. The van der Waals surface area contributed by atoms with E-state index in [2.05, 4.69) is 18.5 Å². The molecule has 4 fully saturated rings. The summed E-state index contributed by atoms with van der Waals surface area (Å²) in [6.45, 7) is 2.23. The molecule has 3 N–H and O–H groups in total. The van der Waals surface area contributed by atoms with Crippen molar-refractivity contribution in [1.82, 2.24) is 5.32 Å². The molecule has 1 unspecified atom stereocenters. The minimum atomic E-state index is -0.339. The monoisotopic (exact) mass is 310 g/mol. The van der Waals surface area contributed by atoms with Crippen molar-refractivity contribution in [2.75, 3.05) is 12.0 Å². The Labute approximate surface area is 133 Å². The molecule has 0 aromatic carbocycles. The number of hydrogen-bond acceptors (Lipinski definition) is 3. The van der Waals surface area contributed by atoms with Crippen LogP contribution in [-0.2, 0) is 4.79 Å². The first-order valence-corrected chi connectivity index (χ1v) is 9.96. The van der Waals surface area contributed by atoms with Gasteiger partial charge in [0.2, 0.25) is 5.91 Å². The van der Waals surface area contributed by atoms with Crippen molar-refractivity contribution in [2.45, 2.75) is 64.0 Å². The molecule has 0 aromatic rings. The largest absolute Gasteiger partial charge is 0.352 e. The van der Waals surface area contributed by atoms with E-state index in [1.54, 1.807) is 11.8 Å². The molecule has 4 aliphatic carbocycles. The quantitative estimate of drug-likeness (QED) is 0.793. The van der Waals surface area contributed by atoms with Crippen molar-refractivity contribution in [3.63, 3.8) is 0 Å². The molecule has 1 amide bonds. The lowest BCUT2D eigenvalue weighted by Crippen LogP contribution is -2.57. The highest BCUT2D eigenvalue weighted by Crippen LogP contribution is 2.61. The van der Waals surface area contributed by atoms with Crippen LogP contribution in [0.1, 0.15) is 51.9 Å². The van der Waals surface area contributed by atoms with Gasteiger partial charge in [0.05, 0.1) is 6.04 Å². The zero-order valence-electron chi connectivity index (χ0n) is 13.4. The number of hydrogen-bond donors (Lipinski definition) is 2. The highest BCUT2D eigenvalue weighted by molar-refractivity contribution is 7.98. The molecule has 4 aliphatic rings. The molecule has 3 nitrogen and oxygen atoms in total. The van der Waals surface area contributed by atoms with E-state index >= 15 is 0 Å². The summed E-state index contributed by atoms with van der Waals surface area (Å²) in [6.07, 6.45) is 11.2. The smallest absolute Gasteiger partial charge is 0.237 e. The molecule has 0 aromatic heterocycles. The van der Waals surface area contributed by atoms with E-state index in [4.69, 9.17) is 5.73 Å². The lowest BCUT2D eigenvalue weighted by atomic mass is 9.48. The maximum atomic E-state index is 12.3. The third kappa shape index (κ3) is 3.12. The van der Waals surface area contributed by atoms with Gasteiger partial charge in [0.1, 0.15) is 0 Å². The number of thioether (sulfide) groups is 1. The van der Waals surface area contributed by atoms with E-state index in [1.165, 1.54) is 38.5 Å². The summed E-state index contributed by atoms with van der Waals surface area (Å²) >= 11 is 1.75. The Hall–Kier alpha value is -0.220. The van der Waals surface area contributed by atoms with Gasteiger partial charge in [0, 0.05) is 6.04 Å². The molecule has 120 valence electrons. The van der Waals surface area contributed by atoms with Crippen molar-refractivity contribution in [2.24, 2.45) is 28.9 Å². The predicted octanol–water partition coefficient (Wildman–Crippen LogP) is 2.79. The normalized spacial score (nSPS) is 40.0. The Bertz CT molecular complexity index is 363. The fraction of sp³-hybridized carbons (Fsp3) is 0.941. The van der Waals surface area contributed by atoms with Crippen molar-refractivity contribution in [1.29, 1.82) is 0 Å². The second-order valence-corrected chi connectivity index (χ2v) is 8.88. The third-order valence-corrected chi connectivity index (χ3v) is 6.98. The van der Waals surface area contributed by atoms with Gasteiger partial charge < -0.3 is 11.1 Å². The zero-order chi connectivity index (χ0) is 15.0. The SMILES string of the molecule is CSCC[C@H](N)C(=O)NC(C)C12CC3CC(CC(C3)C1)C2. The van der Waals surface area contributed by atoms with E-state index in [-0.39, 0.29) is 11.9 Å². The van der Waals surface area contributed by atoms with Gasteiger partial charge in [-0.1, -0.05) is 0 Å². The van der Waals surface area contributed by atoms with Crippen molar-refractivity contribution in [3.05, 3.63) is 0 Å². The number of carbonyl (C=O) groups excluding carboxylic acids is 1. The van der Waals surface area contributed by atoms with E-state index in [9.17, 15) is 4.79 Å². The Kier molecular flexibility index (Phi) is 4.56. The van der Waals surface area contributed by atoms with Crippen molar-refractivity contribution in [3.8, 4) is 0 Å². The fourth-order valence-electron chi connectivity index (χ4n) is 5.56. The number of rotatable bonds is 6. The minimum absolute atomic E-state index is 0.0623. The molecule has 0 radical (unpaired) electrons. The molecule has 2 atom stereocenters. The van der Waals surface area contributed by atoms with Gasteiger partial charge in [0.15, 0.2) is 0 Å². The average molecular weight is 311 g/mol. The molecular weight excluding hydrogens is 280 g/mol.